The van der Waals surface area contributed by atoms with Crippen LogP contribution in [-0.4, -0.2) is 49.4 Å². The molecule has 1 heterocycles. The fourth-order valence-corrected chi connectivity index (χ4v) is 2.22. The fraction of sp³-hybridized carbons (Fsp3) is 0.467. The van der Waals surface area contributed by atoms with E-state index in [1.165, 1.54) is 0 Å². The Morgan fingerprint density at radius 1 is 1.15 bits per heavy atom. The van der Waals surface area contributed by atoms with Gasteiger partial charge in [-0.3, -0.25) is 9.59 Å². The Balaban J connectivity index is 1.65. The molecular formula is C15H21N3O2. The molecular weight excluding hydrogens is 254 g/mol. The van der Waals surface area contributed by atoms with Crippen molar-refractivity contribution in [2.75, 3.05) is 32.7 Å². The summed E-state index contributed by atoms with van der Waals surface area (Å²) >= 11 is 0. The summed E-state index contributed by atoms with van der Waals surface area (Å²) in [5, 5.41) is 6.01. The minimum atomic E-state index is -0.0377. The van der Waals surface area contributed by atoms with Crippen LogP contribution in [0.4, 0.5) is 0 Å². The maximum Gasteiger partial charge on any atom is 0.224 e. The van der Waals surface area contributed by atoms with Gasteiger partial charge in [-0.1, -0.05) is 30.3 Å². The molecule has 1 aromatic carbocycles. The molecule has 1 aliphatic heterocycles. The molecule has 2 amide bonds. The standard InChI is InChI=1S/C15H21N3O2/c19-14(12-13-4-2-1-3-5-13)17-7-6-15(20)18-10-8-16-9-11-18/h1-5,16H,6-12H2,(H,17,19). The molecule has 2 rings (SSSR count). The average Bonchev–Trinajstić information content (AvgIpc) is 2.49. The van der Waals surface area contributed by atoms with E-state index >= 15 is 0 Å². The third kappa shape index (κ3) is 4.66. The Morgan fingerprint density at radius 2 is 1.85 bits per heavy atom. The van der Waals surface area contributed by atoms with Crippen LogP contribution in [0.3, 0.4) is 0 Å². The van der Waals surface area contributed by atoms with Crippen molar-refractivity contribution in [2.45, 2.75) is 12.8 Å². The number of piperazine rings is 1. The molecule has 1 fully saturated rings. The van der Waals surface area contributed by atoms with Crippen molar-refractivity contribution in [3.8, 4) is 0 Å². The van der Waals surface area contributed by atoms with Crippen molar-refractivity contribution in [1.29, 1.82) is 0 Å². The van der Waals surface area contributed by atoms with Crippen LogP contribution in [0.1, 0.15) is 12.0 Å². The molecule has 0 unspecified atom stereocenters. The first-order valence-corrected chi connectivity index (χ1v) is 7.05. The molecule has 108 valence electrons. The van der Waals surface area contributed by atoms with Crippen LogP contribution in [0.5, 0.6) is 0 Å². The van der Waals surface area contributed by atoms with E-state index in [1.54, 1.807) is 0 Å². The number of nitrogens with zero attached hydrogens (tertiary/aromatic N) is 1. The van der Waals surface area contributed by atoms with E-state index < -0.39 is 0 Å². The average molecular weight is 275 g/mol. The molecule has 0 atom stereocenters. The molecule has 2 N–H and O–H groups in total. The highest BCUT2D eigenvalue weighted by molar-refractivity contribution is 5.80. The Hall–Kier alpha value is -1.88. The zero-order valence-electron chi connectivity index (χ0n) is 11.6. The smallest absolute Gasteiger partial charge is 0.224 e. The molecule has 20 heavy (non-hydrogen) atoms. The van der Waals surface area contributed by atoms with Gasteiger partial charge in [-0.25, -0.2) is 0 Å². The maximum absolute atomic E-state index is 11.9. The van der Waals surface area contributed by atoms with Crippen LogP contribution >= 0.6 is 0 Å². The lowest BCUT2D eigenvalue weighted by Crippen LogP contribution is -2.47. The van der Waals surface area contributed by atoms with E-state index in [1.807, 2.05) is 35.2 Å². The lowest BCUT2D eigenvalue weighted by molar-refractivity contribution is -0.131. The lowest BCUT2D eigenvalue weighted by atomic mass is 10.1. The van der Waals surface area contributed by atoms with Crippen molar-refractivity contribution in [1.82, 2.24) is 15.5 Å². The van der Waals surface area contributed by atoms with Crippen LogP contribution < -0.4 is 10.6 Å². The number of rotatable bonds is 5. The van der Waals surface area contributed by atoms with Gasteiger partial charge < -0.3 is 15.5 Å². The number of amides is 2. The SMILES string of the molecule is O=C(Cc1ccccc1)NCCC(=O)N1CCNCC1. The van der Waals surface area contributed by atoms with E-state index in [0.717, 1.165) is 31.7 Å². The third-order valence-corrected chi connectivity index (χ3v) is 3.34. The zero-order chi connectivity index (χ0) is 14.2. The van der Waals surface area contributed by atoms with Gasteiger partial charge in [-0.15, -0.1) is 0 Å². The van der Waals surface area contributed by atoms with E-state index in [9.17, 15) is 9.59 Å². The van der Waals surface area contributed by atoms with Gasteiger partial charge in [0.15, 0.2) is 0 Å². The summed E-state index contributed by atoms with van der Waals surface area (Å²) in [4.78, 5) is 25.5. The zero-order valence-corrected chi connectivity index (χ0v) is 11.6. The number of hydrogen-bond acceptors (Lipinski definition) is 3. The van der Waals surface area contributed by atoms with E-state index in [4.69, 9.17) is 0 Å². The van der Waals surface area contributed by atoms with Gasteiger partial charge in [0.1, 0.15) is 0 Å². The second-order valence-corrected chi connectivity index (χ2v) is 4.89. The quantitative estimate of drug-likeness (QED) is 0.805. The minimum Gasteiger partial charge on any atom is -0.355 e. The van der Waals surface area contributed by atoms with Gasteiger partial charge >= 0.3 is 0 Å². The number of carbonyl (C=O) groups excluding carboxylic acids is 2. The first kappa shape index (κ1) is 14.5. The maximum atomic E-state index is 11.9. The molecule has 0 bridgehead atoms. The first-order valence-electron chi connectivity index (χ1n) is 7.05. The molecule has 0 saturated carbocycles. The highest BCUT2D eigenvalue weighted by Crippen LogP contribution is 2.00. The Labute approximate surface area is 119 Å². The number of hydrogen-bond donors (Lipinski definition) is 2. The summed E-state index contributed by atoms with van der Waals surface area (Å²) in [6, 6.07) is 9.59. The van der Waals surface area contributed by atoms with Crippen LogP contribution in [0.15, 0.2) is 30.3 Å². The molecule has 1 saturated heterocycles. The highest BCUT2D eigenvalue weighted by atomic mass is 16.2. The van der Waals surface area contributed by atoms with E-state index in [-0.39, 0.29) is 11.8 Å². The van der Waals surface area contributed by atoms with Crippen molar-refractivity contribution >= 4 is 11.8 Å². The molecule has 0 spiro atoms. The molecule has 0 aliphatic carbocycles. The van der Waals surface area contributed by atoms with Gasteiger partial charge in [0.05, 0.1) is 6.42 Å². The molecule has 1 aliphatic rings. The third-order valence-electron chi connectivity index (χ3n) is 3.34. The van der Waals surface area contributed by atoms with Crippen molar-refractivity contribution in [3.63, 3.8) is 0 Å². The molecule has 5 heteroatoms. The van der Waals surface area contributed by atoms with Crippen molar-refractivity contribution in [2.24, 2.45) is 0 Å². The van der Waals surface area contributed by atoms with Gasteiger partial charge in [0, 0.05) is 39.1 Å². The predicted octanol–water partition coefficient (Wildman–Crippen LogP) is 0.167. The first-order chi connectivity index (χ1) is 9.75. The summed E-state index contributed by atoms with van der Waals surface area (Å²) in [6.07, 6.45) is 0.739. The Kier molecular flexibility index (Phi) is 5.55. The highest BCUT2D eigenvalue weighted by Gasteiger charge is 2.15. The van der Waals surface area contributed by atoms with Gasteiger partial charge in [-0.2, -0.15) is 0 Å². The number of benzene rings is 1. The van der Waals surface area contributed by atoms with Crippen molar-refractivity contribution in [3.05, 3.63) is 35.9 Å². The normalized spacial score (nSPS) is 14.9. The molecule has 5 nitrogen and oxygen atoms in total. The molecule has 0 radical (unpaired) electrons. The number of nitrogens with one attached hydrogen (secondary N) is 2. The van der Waals surface area contributed by atoms with Gasteiger partial charge in [0.2, 0.25) is 11.8 Å². The van der Waals surface area contributed by atoms with Gasteiger partial charge in [-0.05, 0) is 5.56 Å². The second kappa shape index (κ2) is 7.65. The monoisotopic (exact) mass is 275 g/mol. The summed E-state index contributed by atoms with van der Waals surface area (Å²) in [6.45, 7) is 3.64. The Bertz CT molecular complexity index is 442. The van der Waals surface area contributed by atoms with E-state index in [2.05, 4.69) is 10.6 Å². The summed E-state index contributed by atoms with van der Waals surface area (Å²) in [7, 11) is 0. The van der Waals surface area contributed by atoms with Gasteiger partial charge in [0.25, 0.3) is 0 Å². The predicted molar refractivity (Wildman–Crippen MR) is 77.2 cm³/mol. The molecule has 1 aromatic rings. The summed E-state index contributed by atoms with van der Waals surface area (Å²) in [5.41, 5.74) is 0.985. The Morgan fingerprint density at radius 3 is 2.55 bits per heavy atom. The van der Waals surface area contributed by atoms with Crippen molar-refractivity contribution < 1.29 is 9.59 Å². The lowest BCUT2D eigenvalue weighted by Gasteiger charge is -2.27. The summed E-state index contributed by atoms with van der Waals surface area (Å²) in [5.74, 6) is 0.0795. The largest absolute Gasteiger partial charge is 0.355 e. The number of carbonyl (C=O) groups is 2. The topological polar surface area (TPSA) is 61.4 Å². The van der Waals surface area contributed by atoms with E-state index in [0.29, 0.717) is 19.4 Å². The van der Waals surface area contributed by atoms with Crippen LogP contribution in [0, 0.1) is 0 Å². The fourth-order valence-electron chi connectivity index (χ4n) is 2.22. The molecule has 0 aromatic heterocycles. The minimum absolute atomic E-state index is 0.0377. The summed E-state index contributed by atoms with van der Waals surface area (Å²) < 4.78 is 0. The van der Waals surface area contributed by atoms with Crippen LogP contribution in [-0.2, 0) is 16.0 Å². The second-order valence-electron chi connectivity index (χ2n) is 4.89. The van der Waals surface area contributed by atoms with Crippen LogP contribution in [0.2, 0.25) is 0 Å². The van der Waals surface area contributed by atoms with Crippen LogP contribution in [0.25, 0.3) is 0 Å².